The normalized spacial score (nSPS) is 21.7. The molecule has 0 saturated carbocycles. The van der Waals surface area contributed by atoms with Crippen LogP contribution >= 0.6 is 0 Å². The molecule has 1 amide bonds. The highest BCUT2D eigenvalue weighted by atomic mass is 16.6. The Bertz CT molecular complexity index is 317. The summed E-state index contributed by atoms with van der Waals surface area (Å²) in [5.41, 5.74) is -0.0582. The first-order valence-corrected chi connectivity index (χ1v) is 6.49. The van der Waals surface area contributed by atoms with Crippen molar-refractivity contribution in [1.29, 1.82) is 0 Å². The third kappa shape index (κ3) is 6.54. The molecule has 1 heterocycles. The number of ether oxygens (including phenoxy) is 2. The molecule has 0 radical (unpaired) electrons. The molecule has 1 aliphatic rings. The van der Waals surface area contributed by atoms with Crippen LogP contribution in [0.2, 0.25) is 0 Å². The van der Waals surface area contributed by atoms with Crippen molar-refractivity contribution in [2.24, 2.45) is 5.41 Å². The number of carboxylic acids is 1. The van der Waals surface area contributed by atoms with Gasteiger partial charge in [-0.15, -0.1) is 0 Å². The van der Waals surface area contributed by atoms with Gasteiger partial charge in [0.2, 0.25) is 0 Å². The maximum absolute atomic E-state index is 12.0. The van der Waals surface area contributed by atoms with Gasteiger partial charge >= 0.3 is 5.97 Å². The fourth-order valence-corrected chi connectivity index (χ4v) is 2.06. The van der Waals surface area contributed by atoms with Crippen LogP contribution in [0.3, 0.4) is 0 Å². The summed E-state index contributed by atoms with van der Waals surface area (Å²) in [5.74, 6) is -1.22. The molecule has 2 N–H and O–H groups in total. The topological polar surface area (TPSA) is 84.9 Å². The highest BCUT2D eigenvalue weighted by Gasteiger charge is 2.28. The Balaban J connectivity index is 2.54. The van der Waals surface area contributed by atoms with Crippen molar-refractivity contribution >= 4 is 11.9 Å². The number of nitrogens with one attached hydrogen (secondary N) is 1. The number of amides is 1. The minimum Gasteiger partial charge on any atom is -0.481 e. The maximum Gasteiger partial charge on any atom is 0.305 e. The molecule has 0 aromatic carbocycles. The molecule has 1 fully saturated rings. The molecule has 2 unspecified atom stereocenters. The molecule has 0 spiro atoms. The van der Waals surface area contributed by atoms with Gasteiger partial charge in [-0.3, -0.25) is 9.59 Å². The summed E-state index contributed by atoms with van der Waals surface area (Å²) in [5, 5.41) is 11.6. The van der Waals surface area contributed by atoms with Gasteiger partial charge < -0.3 is 19.9 Å². The first-order valence-electron chi connectivity index (χ1n) is 6.49. The molecule has 6 nitrogen and oxygen atoms in total. The number of carboxylic acid groups (broad SMARTS) is 1. The number of carbonyl (C=O) groups excluding carboxylic acids is 1. The van der Waals surface area contributed by atoms with E-state index in [9.17, 15) is 9.59 Å². The largest absolute Gasteiger partial charge is 0.481 e. The first-order chi connectivity index (χ1) is 8.78. The van der Waals surface area contributed by atoms with Crippen LogP contribution in [0.5, 0.6) is 0 Å². The van der Waals surface area contributed by atoms with Crippen molar-refractivity contribution in [2.75, 3.05) is 19.8 Å². The van der Waals surface area contributed by atoms with Gasteiger partial charge in [0.1, 0.15) is 0 Å². The zero-order valence-corrected chi connectivity index (χ0v) is 11.8. The van der Waals surface area contributed by atoms with E-state index >= 15 is 0 Å². The van der Waals surface area contributed by atoms with Gasteiger partial charge in [-0.25, -0.2) is 0 Å². The highest BCUT2D eigenvalue weighted by Crippen LogP contribution is 2.22. The SMILES string of the molecule is CC(C)(C)CC(CC(=O)O)NC(=O)C1COCCO1. The van der Waals surface area contributed by atoms with Crippen LogP contribution in [0.15, 0.2) is 0 Å². The summed E-state index contributed by atoms with van der Waals surface area (Å²) in [6.07, 6.45) is -0.125. The van der Waals surface area contributed by atoms with Crippen molar-refractivity contribution in [3.63, 3.8) is 0 Å². The second-order valence-electron chi connectivity index (χ2n) is 6.00. The summed E-state index contributed by atoms with van der Waals surface area (Å²) in [4.78, 5) is 22.8. The lowest BCUT2D eigenvalue weighted by Gasteiger charge is -2.28. The Labute approximate surface area is 113 Å². The van der Waals surface area contributed by atoms with Gasteiger partial charge in [-0.2, -0.15) is 0 Å². The number of hydrogen-bond acceptors (Lipinski definition) is 4. The summed E-state index contributed by atoms with van der Waals surface area (Å²) in [6.45, 7) is 7.13. The fraction of sp³-hybridized carbons (Fsp3) is 0.846. The zero-order chi connectivity index (χ0) is 14.5. The van der Waals surface area contributed by atoms with Crippen LogP contribution < -0.4 is 5.32 Å². The van der Waals surface area contributed by atoms with Crippen LogP contribution in [0.1, 0.15) is 33.6 Å². The fourth-order valence-electron chi connectivity index (χ4n) is 2.06. The van der Waals surface area contributed by atoms with Crippen LogP contribution in [0, 0.1) is 5.41 Å². The molecule has 0 aliphatic carbocycles. The molecule has 0 aromatic rings. The third-order valence-corrected chi connectivity index (χ3v) is 2.73. The number of aliphatic carboxylic acids is 1. The van der Waals surface area contributed by atoms with Crippen molar-refractivity contribution in [3.8, 4) is 0 Å². The lowest BCUT2D eigenvalue weighted by molar-refractivity contribution is -0.148. The number of rotatable bonds is 5. The molecule has 0 aromatic heterocycles. The predicted octanol–water partition coefficient (Wildman–Crippen LogP) is 0.798. The molecule has 1 aliphatic heterocycles. The summed E-state index contributed by atoms with van der Waals surface area (Å²) in [6, 6.07) is -0.393. The predicted molar refractivity (Wildman–Crippen MR) is 68.8 cm³/mol. The average molecular weight is 273 g/mol. The Kier molecular flexibility index (Phi) is 5.75. The highest BCUT2D eigenvalue weighted by molar-refractivity contribution is 5.82. The lowest BCUT2D eigenvalue weighted by atomic mass is 9.87. The maximum atomic E-state index is 12.0. The van der Waals surface area contributed by atoms with Gasteiger partial charge in [0, 0.05) is 6.04 Å². The summed E-state index contributed by atoms with van der Waals surface area (Å²) >= 11 is 0. The Hall–Kier alpha value is -1.14. The molecule has 2 atom stereocenters. The number of carbonyl (C=O) groups is 2. The van der Waals surface area contributed by atoms with E-state index in [1.165, 1.54) is 0 Å². The molecule has 1 saturated heterocycles. The van der Waals surface area contributed by atoms with E-state index in [-0.39, 0.29) is 24.3 Å². The Morgan fingerprint density at radius 1 is 1.37 bits per heavy atom. The van der Waals surface area contributed by atoms with E-state index in [4.69, 9.17) is 14.6 Å². The van der Waals surface area contributed by atoms with Crippen molar-refractivity contribution < 1.29 is 24.2 Å². The van der Waals surface area contributed by atoms with Gasteiger partial charge in [0.05, 0.1) is 26.2 Å². The van der Waals surface area contributed by atoms with Gasteiger partial charge in [-0.05, 0) is 11.8 Å². The van der Waals surface area contributed by atoms with E-state index in [0.29, 0.717) is 19.6 Å². The van der Waals surface area contributed by atoms with E-state index in [2.05, 4.69) is 5.32 Å². The van der Waals surface area contributed by atoms with Crippen LogP contribution in [-0.2, 0) is 19.1 Å². The van der Waals surface area contributed by atoms with Crippen LogP contribution in [-0.4, -0.2) is 48.9 Å². The van der Waals surface area contributed by atoms with Crippen molar-refractivity contribution in [2.45, 2.75) is 45.8 Å². The molecular formula is C13H23NO5. The molecule has 6 heteroatoms. The number of hydrogen-bond donors (Lipinski definition) is 2. The lowest BCUT2D eigenvalue weighted by Crippen LogP contribution is -2.48. The Morgan fingerprint density at radius 3 is 2.53 bits per heavy atom. The van der Waals surface area contributed by atoms with Crippen LogP contribution in [0.4, 0.5) is 0 Å². The Morgan fingerprint density at radius 2 is 2.05 bits per heavy atom. The van der Waals surface area contributed by atoms with E-state index in [1.807, 2.05) is 20.8 Å². The van der Waals surface area contributed by atoms with E-state index in [1.54, 1.807) is 0 Å². The summed E-state index contributed by atoms with van der Waals surface area (Å²) < 4.78 is 10.5. The minimum absolute atomic E-state index is 0.0582. The smallest absolute Gasteiger partial charge is 0.305 e. The van der Waals surface area contributed by atoms with Gasteiger partial charge in [0.25, 0.3) is 5.91 Å². The standard InChI is InChI=1S/C13H23NO5/c1-13(2,3)7-9(6-11(15)16)14-12(17)10-8-18-4-5-19-10/h9-10H,4-8H2,1-3H3,(H,14,17)(H,15,16). The second kappa shape index (κ2) is 6.86. The molecular weight excluding hydrogens is 250 g/mol. The minimum atomic E-state index is -0.921. The third-order valence-electron chi connectivity index (χ3n) is 2.73. The quantitative estimate of drug-likeness (QED) is 0.774. The second-order valence-corrected chi connectivity index (χ2v) is 6.00. The van der Waals surface area contributed by atoms with Gasteiger partial charge in [-0.1, -0.05) is 20.8 Å². The molecule has 0 bridgehead atoms. The first kappa shape index (κ1) is 15.9. The zero-order valence-electron chi connectivity index (χ0n) is 11.8. The van der Waals surface area contributed by atoms with Crippen molar-refractivity contribution in [1.82, 2.24) is 5.32 Å². The van der Waals surface area contributed by atoms with Gasteiger partial charge in [0.15, 0.2) is 6.10 Å². The average Bonchev–Trinajstić information content (AvgIpc) is 2.26. The van der Waals surface area contributed by atoms with E-state index in [0.717, 1.165) is 0 Å². The monoisotopic (exact) mass is 273 g/mol. The summed E-state index contributed by atoms with van der Waals surface area (Å²) in [7, 11) is 0. The van der Waals surface area contributed by atoms with Crippen molar-refractivity contribution in [3.05, 3.63) is 0 Å². The molecule has 19 heavy (non-hydrogen) atoms. The molecule has 110 valence electrons. The van der Waals surface area contributed by atoms with Crippen LogP contribution in [0.25, 0.3) is 0 Å². The van der Waals surface area contributed by atoms with E-state index < -0.39 is 18.1 Å². The molecule has 1 rings (SSSR count).